The molecule has 6 nitrogen and oxygen atoms in total. The van der Waals surface area contributed by atoms with Gasteiger partial charge in [0.05, 0.1) is 0 Å². The zero-order chi connectivity index (χ0) is 19.6. The maximum absolute atomic E-state index is 12.0. The van der Waals surface area contributed by atoms with Gasteiger partial charge in [0.15, 0.2) is 0 Å². The summed E-state index contributed by atoms with van der Waals surface area (Å²) in [5, 5.41) is 6.97. The van der Waals surface area contributed by atoms with Crippen LogP contribution < -0.4 is 10.2 Å². The number of anilines is 1. The first-order chi connectivity index (χ1) is 13.7. The summed E-state index contributed by atoms with van der Waals surface area (Å²) in [6.07, 6.45) is 2.65. The highest BCUT2D eigenvalue weighted by molar-refractivity contribution is 5.75. The van der Waals surface area contributed by atoms with Gasteiger partial charge in [0, 0.05) is 44.2 Å². The van der Waals surface area contributed by atoms with Crippen molar-refractivity contribution >= 4 is 11.6 Å². The molecule has 0 spiro atoms. The minimum atomic E-state index is 0.0603. The number of benzene rings is 2. The molecule has 3 aromatic rings. The van der Waals surface area contributed by atoms with Gasteiger partial charge in [-0.25, -0.2) is 0 Å². The van der Waals surface area contributed by atoms with Crippen LogP contribution in [0.15, 0.2) is 65.2 Å². The third-order valence-electron chi connectivity index (χ3n) is 4.48. The van der Waals surface area contributed by atoms with Gasteiger partial charge in [0.2, 0.25) is 17.6 Å². The number of aryl methyl sites for hydroxylation is 1. The first-order valence-electron chi connectivity index (χ1n) is 9.63. The molecule has 0 radical (unpaired) electrons. The van der Waals surface area contributed by atoms with Crippen LogP contribution in [0.25, 0.3) is 11.4 Å². The van der Waals surface area contributed by atoms with Crippen molar-refractivity contribution in [3.05, 3.63) is 66.6 Å². The normalized spacial score (nSPS) is 10.6. The Hall–Kier alpha value is -3.15. The quantitative estimate of drug-likeness (QED) is 0.545. The fourth-order valence-corrected chi connectivity index (χ4v) is 2.91. The lowest BCUT2D eigenvalue weighted by Gasteiger charge is -2.19. The van der Waals surface area contributed by atoms with E-state index in [1.807, 2.05) is 48.5 Å². The molecule has 0 bridgehead atoms. The molecule has 1 heterocycles. The van der Waals surface area contributed by atoms with Gasteiger partial charge in [-0.15, -0.1) is 0 Å². The second-order valence-electron chi connectivity index (χ2n) is 6.69. The van der Waals surface area contributed by atoms with Crippen LogP contribution in [0.3, 0.4) is 0 Å². The first-order valence-corrected chi connectivity index (χ1v) is 9.63. The Morgan fingerprint density at radius 3 is 2.50 bits per heavy atom. The minimum absolute atomic E-state index is 0.0603. The highest BCUT2D eigenvalue weighted by atomic mass is 16.5. The molecular weight excluding hydrogens is 352 g/mol. The van der Waals surface area contributed by atoms with E-state index in [-0.39, 0.29) is 5.91 Å². The molecule has 146 valence electrons. The molecular formula is C22H26N4O2. The standard InChI is InChI=1S/C22H26N4O2/c1-26(19-12-6-3-7-13-19)17-9-16-23-20(27)14-8-15-21-24-22(25-28-21)18-10-4-2-5-11-18/h2-7,10-13H,8-9,14-17H2,1H3,(H,23,27). The summed E-state index contributed by atoms with van der Waals surface area (Å²) >= 11 is 0. The predicted octanol–water partition coefficient (Wildman–Crippen LogP) is 3.70. The van der Waals surface area contributed by atoms with Crippen molar-refractivity contribution in [2.24, 2.45) is 0 Å². The summed E-state index contributed by atoms with van der Waals surface area (Å²) in [5.41, 5.74) is 2.11. The van der Waals surface area contributed by atoms with E-state index in [9.17, 15) is 4.79 Å². The lowest BCUT2D eigenvalue weighted by molar-refractivity contribution is -0.121. The molecule has 1 aromatic heterocycles. The van der Waals surface area contributed by atoms with Crippen LogP contribution in [0, 0.1) is 0 Å². The van der Waals surface area contributed by atoms with E-state index in [2.05, 4.69) is 39.5 Å². The minimum Gasteiger partial charge on any atom is -0.375 e. The van der Waals surface area contributed by atoms with Crippen LogP contribution in [0.4, 0.5) is 5.69 Å². The largest absolute Gasteiger partial charge is 0.375 e. The van der Waals surface area contributed by atoms with Crippen LogP contribution in [-0.4, -0.2) is 36.2 Å². The third-order valence-corrected chi connectivity index (χ3v) is 4.48. The number of hydrogen-bond acceptors (Lipinski definition) is 5. The number of para-hydroxylation sites is 1. The van der Waals surface area contributed by atoms with Gasteiger partial charge in [-0.05, 0) is 25.0 Å². The summed E-state index contributed by atoms with van der Waals surface area (Å²) in [6, 6.07) is 19.9. The van der Waals surface area contributed by atoms with E-state index in [4.69, 9.17) is 4.52 Å². The second kappa shape index (κ2) is 10.3. The van der Waals surface area contributed by atoms with E-state index >= 15 is 0 Å². The van der Waals surface area contributed by atoms with E-state index in [0.717, 1.165) is 18.5 Å². The number of nitrogens with one attached hydrogen (secondary N) is 1. The van der Waals surface area contributed by atoms with Crippen LogP contribution in [0.5, 0.6) is 0 Å². The molecule has 6 heteroatoms. The van der Waals surface area contributed by atoms with Crippen molar-refractivity contribution in [1.82, 2.24) is 15.5 Å². The topological polar surface area (TPSA) is 71.3 Å². The molecule has 28 heavy (non-hydrogen) atoms. The van der Waals surface area contributed by atoms with Crippen LogP contribution >= 0.6 is 0 Å². The van der Waals surface area contributed by atoms with Gasteiger partial charge in [-0.2, -0.15) is 4.98 Å². The number of carbonyl (C=O) groups is 1. The smallest absolute Gasteiger partial charge is 0.226 e. The Labute approximate surface area is 165 Å². The molecule has 0 saturated carbocycles. The van der Waals surface area contributed by atoms with E-state index in [1.165, 1.54) is 5.69 Å². The Morgan fingerprint density at radius 1 is 1.04 bits per heavy atom. The first kappa shape index (κ1) is 19.6. The van der Waals surface area contributed by atoms with Crippen molar-refractivity contribution in [1.29, 1.82) is 0 Å². The Balaban J connectivity index is 1.30. The molecule has 2 aromatic carbocycles. The summed E-state index contributed by atoms with van der Waals surface area (Å²) in [6.45, 7) is 1.57. The summed E-state index contributed by atoms with van der Waals surface area (Å²) in [4.78, 5) is 18.6. The van der Waals surface area contributed by atoms with E-state index in [1.54, 1.807) is 0 Å². The average molecular weight is 378 g/mol. The van der Waals surface area contributed by atoms with Gasteiger partial charge >= 0.3 is 0 Å². The van der Waals surface area contributed by atoms with E-state index < -0.39 is 0 Å². The molecule has 0 aliphatic heterocycles. The number of aromatic nitrogens is 2. The number of rotatable bonds is 10. The predicted molar refractivity (Wildman–Crippen MR) is 110 cm³/mol. The summed E-state index contributed by atoms with van der Waals surface area (Å²) in [7, 11) is 2.06. The molecule has 0 aliphatic carbocycles. The summed E-state index contributed by atoms with van der Waals surface area (Å²) in [5.74, 6) is 1.21. The Morgan fingerprint density at radius 2 is 1.75 bits per heavy atom. The van der Waals surface area contributed by atoms with Crippen LogP contribution in [0.2, 0.25) is 0 Å². The summed E-state index contributed by atoms with van der Waals surface area (Å²) < 4.78 is 5.27. The zero-order valence-corrected chi connectivity index (χ0v) is 16.2. The lowest BCUT2D eigenvalue weighted by Crippen LogP contribution is -2.28. The molecule has 1 amide bonds. The lowest BCUT2D eigenvalue weighted by atomic mass is 10.2. The molecule has 0 aliphatic rings. The average Bonchev–Trinajstić information content (AvgIpc) is 3.21. The fraction of sp³-hybridized carbons (Fsp3) is 0.318. The Kier molecular flexibility index (Phi) is 7.18. The van der Waals surface area contributed by atoms with Gasteiger partial charge < -0.3 is 14.7 Å². The third kappa shape index (κ3) is 5.94. The highest BCUT2D eigenvalue weighted by Crippen LogP contribution is 2.15. The fourth-order valence-electron chi connectivity index (χ4n) is 2.91. The zero-order valence-electron chi connectivity index (χ0n) is 16.2. The molecule has 0 atom stereocenters. The van der Waals surface area contributed by atoms with Crippen molar-refractivity contribution in [2.75, 3.05) is 25.0 Å². The van der Waals surface area contributed by atoms with Gasteiger partial charge in [0.1, 0.15) is 0 Å². The van der Waals surface area contributed by atoms with Crippen molar-refractivity contribution in [2.45, 2.75) is 25.7 Å². The van der Waals surface area contributed by atoms with Crippen molar-refractivity contribution in [3.63, 3.8) is 0 Å². The van der Waals surface area contributed by atoms with E-state index in [0.29, 0.717) is 37.5 Å². The van der Waals surface area contributed by atoms with Crippen molar-refractivity contribution < 1.29 is 9.32 Å². The molecule has 1 N–H and O–H groups in total. The molecule has 0 saturated heterocycles. The van der Waals surface area contributed by atoms with Crippen molar-refractivity contribution in [3.8, 4) is 11.4 Å². The van der Waals surface area contributed by atoms with Gasteiger partial charge in [0.25, 0.3) is 0 Å². The SMILES string of the molecule is CN(CCCNC(=O)CCCc1nc(-c2ccccc2)no1)c1ccccc1. The number of carbonyl (C=O) groups excluding carboxylic acids is 1. The molecule has 0 fully saturated rings. The highest BCUT2D eigenvalue weighted by Gasteiger charge is 2.09. The number of hydrogen-bond donors (Lipinski definition) is 1. The molecule has 0 unspecified atom stereocenters. The second-order valence-corrected chi connectivity index (χ2v) is 6.69. The number of amides is 1. The maximum atomic E-state index is 12.0. The van der Waals surface area contributed by atoms with Crippen LogP contribution in [-0.2, 0) is 11.2 Å². The number of nitrogens with zero attached hydrogens (tertiary/aromatic N) is 3. The molecule has 3 rings (SSSR count). The van der Waals surface area contributed by atoms with Crippen LogP contribution in [0.1, 0.15) is 25.2 Å². The van der Waals surface area contributed by atoms with Gasteiger partial charge in [-0.1, -0.05) is 53.7 Å². The monoisotopic (exact) mass is 378 g/mol. The Bertz CT molecular complexity index is 849. The van der Waals surface area contributed by atoms with Gasteiger partial charge in [-0.3, -0.25) is 4.79 Å². The maximum Gasteiger partial charge on any atom is 0.226 e.